The van der Waals surface area contributed by atoms with Gasteiger partial charge in [-0.2, -0.15) is 12.6 Å². The number of thiol groups is 1. The maximum absolute atomic E-state index is 11.4. The molecule has 1 aromatic carbocycles. The highest BCUT2D eigenvalue weighted by molar-refractivity contribution is 7.81. The molecule has 0 saturated heterocycles. The molecule has 0 aliphatic rings. The lowest BCUT2D eigenvalue weighted by molar-refractivity contribution is 0.102. The van der Waals surface area contributed by atoms with Crippen LogP contribution in [-0.4, -0.2) is 11.5 Å². The Hall–Kier alpha value is -0.760. The van der Waals surface area contributed by atoms with Gasteiger partial charge in [0.25, 0.3) is 0 Å². The molecule has 1 nitrogen and oxygen atoms in total. The van der Waals surface area contributed by atoms with Crippen LogP contribution in [0.15, 0.2) is 18.2 Å². The second-order valence-electron chi connectivity index (χ2n) is 2.85. The molecule has 0 unspecified atom stereocenters. The highest BCUT2D eigenvalue weighted by Crippen LogP contribution is 2.14. The van der Waals surface area contributed by atoms with Gasteiger partial charge in [0.1, 0.15) is 0 Å². The van der Waals surface area contributed by atoms with Crippen molar-refractivity contribution >= 4 is 18.4 Å². The summed E-state index contributed by atoms with van der Waals surface area (Å²) in [6, 6.07) is 5.85. The minimum Gasteiger partial charge on any atom is -0.293 e. The van der Waals surface area contributed by atoms with E-state index in [0.29, 0.717) is 0 Å². The zero-order valence-corrected chi connectivity index (χ0v) is 8.19. The molecule has 0 bridgehead atoms. The largest absolute Gasteiger partial charge is 0.293 e. The van der Waals surface area contributed by atoms with Crippen molar-refractivity contribution < 1.29 is 4.79 Å². The first-order valence-corrected chi connectivity index (χ1v) is 4.50. The van der Waals surface area contributed by atoms with Gasteiger partial charge in [-0.15, -0.1) is 0 Å². The molecule has 0 amide bonds. The smallest absolute Gasteiger partial charge is 0.172 e. The molecule has 0 radical (unpaired) electrons. The number of benzene rings is 1. The number of carbonyl (C=O) groups is 1. The summed E-state index contributed by atoms with van der Waals surface area (Å²) < 4.78 is 0. The lowest BCUT2D eigenvalue weighted by atomic mass is 10.0. The highest BCUT2D eigenvalue weighted by Gasteiger charge is 2.08. The minimum absolute atomic E-state index is 0.105. The van der Waals surface area contributed by atoms with E-state index in [1.807, 2.05) is 32.0 Å². The summed E-state index contributed by atoms with van der Waals surface area (Å²) >= 11 is 3.97. The molecule has 64 valence electrons. The van der Waals surface area contributed by atoms with Gasteiger partial charge in [-0.1, -0.05) is 18.2 Å². The molecule has 1 aromatic rings. The summed E-state index contributed by atoms with van der Waals surface area (Å²) in [7, 11) is 0. The van der Waals surface area contributed by atoms with E-state index in [9.17, 15) is 4.79 Å². The Morgan fingerprint density at radius 2 is 1.83 bits per heavy atom. The van der Waals surface area contributed by atoms with Crippen molar-refractivity contribution in [1.82, 2.24) is 0 Å². The summed E-state index contributed by atoms with van der Waals surface area (Å²) in [5.41, 5.74) is 2.90. The molecule has 0 spiro atoms. The topological polar surface area (TPSA) is 17.1 Å². The lowest BCUT2D eigenvalue weighted by Gasteiger charge is -2.05. The van der Waals surface area contributed by atoms with E-state index >= 15 is 0 Å². The zero-order chi connectivity index (χ0) is 9.14. The predicted molar refractivity (Wildman–Crippen MR) is 54.1 cm³/mol. The number of hydrogen-bond donors (Lipinski definition) is 1. The first-order valence-electron chi connectivity index (χ1n) is 3.87. The molecular weight excluding hydrogens is 168 g/mol. The Labute approximate surface area is 78.2 Å². The number of rotatable bonds is 2. The number of hydrogen-bond acceptors (Lipinski definition) is 2. The van der Waals surface area contributed by atoms with Crippen LogP contribution >= 0.6 is 12.6 Å². The first kappa shape index (κ1) is 9.33. The Morgan fingerprint density at radius 1 is 1.33 bits per heavy atom. The van der Waals surface area contributed by atoms with E-state index in [2.05, 4.69) is 12.6 Å². The monoisotopic (exact) mass is 180 g/mol. The van der Waals surface area contributed by atoms with E-state index < -0.39 is 0 Å². The molecule has 0 saturated carbocycles. The standard InChI is InChI=1S/C10H12OS/c1-7-4-3-5-8(2)10(7)9(11)6-12/h3-5,12H,6H2,1-2H3. The van der Waals surface area contributed by atoms with E-state index in [1.54, 1.807) is 0 Å². The van der Waals surface area contributed by atoms with E-state index in [0.717, 1.165) is 16.7 Å². The van der Waals surface area contributed by atoms with Crippen molar-refractivity contribution in [2.45, 2.75) is 13.8 Å². The van der Waals surface area contributed by atoms with E-state index in [-0.39, 0.29) is 11.5 Å². The molecule has 0 N–H and O–H groups in total. The Morgan fingerprint density at radius 3 is 2.25 bits per heavy atom. The third kappa shape index (κ3) is 1.69. The van der Waals surface area contributed by atoms with Crippen LogP contribution in [0.4, 0.5) is 0 Å². The second-order valence-corrected chi connectivity index (χ2v) is 3.16. The molecule has 0 atom stereocenters. The number of Topliss-reactive ketones (excluding diaryl/α,β-unsaturated/α-hetero) is 1. The van der Waals surface area contributed by atoms with Crippen molar-refractivity contribution in [1.29, 1.82) is 0 Å². The van der Waals surface area contributed by atoms with Crippen molar-refractivity contribution in [3.8, 4) is 0 Å². The third-order valence-electron chi connectivity index (χ3n) is 1.90. The van der Waals surface area contributed by atoms with Crippen molar-refractivity contribution in [2.75, 3.05) is 5.75 Å². The lowest BCUT2D eigenvalue weighted by Crippen LogP contribution is -2.05. The summed E-state index contributed by atoms with van der Waals surface area (Å²) in [6.07, 6.45) is 0. The van der Waals surface area contributed by atoms with Gasteiger partial charge in [0.05, 0.1) is 5.75 Å². The van der Waals surface area contributed by atoms with Gasteiger partial charge in [-0.3, -0.25) is 4.79 Å². The van der Waals surface area contributed by atoms with Crippen molar-refractivity contribution in [3.63, 3.8) is 0 Å². The average molecular weight is 180 g/mol. The summed E-state index contributed by atoms with van der Waals surface area (Å²) in [5, 5.41) is 0. The average Bonchev–Trinajstić information content (AvgIpc) is 2.03. The molecule has 12 heavy (non-hydrogen) atoms. The summed E-state index contributed by atoms with van der Waals surface area (Å²) in [6.45, 7) is 3.90. The molecule has 0 aliphatic carbocycles. The molecule has 0 fully saturated rings. The van der Waals surface area contributed by atoms with Crippen LogP contribution in [0.3, 0.4) is 0 Å². The van der Waals surface area contributed by atoms with Crippen LogP contribution in [0.25, 0.3) is 0 Å². The highest BCUT2D eigenvalue weighted by atomic mass is 32.1. The third-order valence-corrected chi connectivity index (χ3v) is 2.19. The number of carbonyl (C=O) groups excluding carboxylic acids is 1. The normalized spacial score (nSPS) is 9.92. The van der Waals surface area contributed by atoms with Gasteiger partial charge >= 0.3 is 0 Å². The van der Waals surface area contributed by atoms with Crippen molar-refractivity contribution in [2.24, 2.45) is 0 Å². The summed E-state index contributed by atoms with van der Waals surface area (Å²) in [4.78, 5) is 11.4. The fraction of sp³-hybridized carbons (Fsp3) is 0.300. The maximum atomic E-state index is 11.4. The van der Waals surface area contributed by atoms with Crippen LogP contribution in [0, 0.1) is 13.8 Å². The van der Waals surface area contributed by atoms with Gasteiger partial charge in [-0.05, 0) is 25.0 Å². The van der Waals surface area contributed by atoms with Crippen LogP contribution in [-0.2, 0) is 0 Å². The minimum atomic E-state index is 0.105. The Kier molecular flexibility index (Phi) is 2.93. The zero-order valence-electron chi connectivity index (χ0n) is 7.29. The van der Waals surface area contributed by atoms with Crippen LogP contribution in [0.2, 0.25) is 0 Å². The predicted octanol–water partition coefficient (Wildman–Crippen LogP) is 2.42. The second kappa shape index (κ2) is 3.76. The van der Waals surface area contributed by atoms with Crippen molar-refractivity contribution in [3.05, 3.63) is 34.9 Å². The van der Waals surface area contributed by atoms with E-state index in [4.69, 9.17) is 0 Å². The van der Waals surface area contributed by atoms with Crippen LogP contribution in [0.1, 0.15) is 21.5 Å². The van der Waals surface area contributed by atoms with Gasteiger partial charge in [0.2, 0.25) is 0 Å². The molecule has 0 aromatic heterocycles. The Balaban J connectivity index is 3.21. The van der Waals surface area contributed by atoms with Gasteiger partial charge < -0.3 is 0 Å². The van der Waals surface area contributed by atoms with Gasteiger partial charge in [-0.25, -0.2) is 0 Å². The quantitative estimate of drug-likeness (QED) is 0.546. The molecule has 0 heterocycles. The first-order chi connectivity index (χ1) is 5.66. The van der Waals surface area contributed by atoms with E-state index in [1.165, 1.54) is 0 Å². The number of ketones is 1. The Bertz CT molecular complexity index is 284. The molecule has 1 rings (SSSR count). The fourth-order valence-electron chi connectivity index (χ4n) is 1.33. The summed E-state index contributed by atoms with van der Waals surface area (Å²) in [5.74, 6) is 0.389. The van der Waals surface area contributed by atoms with Crippen LogP contribution in [0.5, 0.6) is 0 Å². The molecule has 2 heteroatoms. The van der Waals surface area contributed by atoms with Gasteiger partial charge in [0, 0.05) is 5.56 Å². The molecular formula is C10H12OS. The molecule has 0 aliphatic heterocycles. The SMILES string of the molecule is Cc1cccc(C)c1C(=O)CS. The fourth-order valence-corrected chi connectivity index (χ4v) is 1.49. The van der Waals surface area contributed by atoms with Crippen LogP contribution < -0.4 is 0 Å². The number of aryl methyl sites for hydroxylation is 2. The maximum Gasteiger partial charge on any atom is 0.172 e. The van der Waals surface area contributed by atoms with Gasteiger partial charge in [0.15, 0.2) is 5.78 Å².